The maximum atomic E-state index is 11.8. The molecule has 0 spiro atoms. The lowest BCUT2D eigenvalue weighted by Gasteiger charge is -1.91. The lowest BCUT2D eigenvalue weighted by Crippen LogP contribution is -1.93. The van der Waals surface area contributed by atoms with Crippen LogP contribution in [0.3, 0.4) is 0 Å². The number of hydrogen-bond donors (Lipinski definition) is 1. The average molecular weight is 259 g/mol. The van der Waals surface area contributed by atoms with E-state index in [0.29, 0.717) is 5.56 Å². The normalized spacial score (nSPS) is 10.7. The van der Waals surface area contributed by atoms with Crippen LogP contribution in [0.25, 0.3) is 6.08 Å². The van der Waals surface area contributed by atoms with Gasteiger partial charge >= 0.3 is 5.97 Å². The van der Waals surface area contributed by atoms with Gasteiger partial charge in [-0.15, -0.1) is 11.3 Å². The Labute approximate surface area is 107 Å². The van der Waals surface area contributed by atoms with E-state index in [1.165, 1.54) is 12.1 Å². The number of carbonyl (C=O) groups excluding carboxylic acids is 1. The van der Waals surface area contributed by atoms with E-state index in [0.717, 1.165) is 16.9 Å². The smallest absolute Gasteiger partial charge is 0.345 e. The van der Waals surface area contributed by atoms with Crippen LogP contribution in [0.2, 0.25) is 0 Å². The van der Waals surface area contributed by atoms with Crippen molar-refractivity contribution in [3.05, 3.63) is 58.1 Å². The number of pyridine rings is 1. The maximum absolute atomic E-state index is 11.8. The summed E-state index contributed by atoms with van der Waals surface area (Å²) < 4.78 is 0. The molecule has 0 radical (unpaired) electrons. The average Bonchev–Trinajstić information content (AvgIpc) is 2.87. The first-order chi connectivity index (χ1) is 8.66. The van der Waals surface area contributed by atoms with Crippen molar-refractivity contribution in [2.24, 2.45) is 0 Å². The van der Waals surface area contributed by atoms with Crippen LogP contribution in [0.15, 0.2) is 42.0 Å². The Balaban J connectivity index is 2.12. The largest absolute Gasteiger partial charge is 0.477 e. The Morgan fingerprint density at radius 2 is 2.22 bits per heavy atom. The molecule has 4 nitrogen and oxygen atoms in total. The van der Waals surface area contributed by atoms with E-state index in [9.17, 15) is 9.59 Å². The van der Waals surface area contributed by atoms with Crippen molar-refractivity contribution in [1.29, 1.82) is 0 Å². The van der Waals surface area contributed by atoms with Crippen molar-refractivity contribution in [2.45, 2.75) is 0 Å². The Bertz CT molecular complexity index is 602. The van der Waals surface area contributed by atoms with Crippen LogP contribution in [-0.4, -0.2) is 21.8 Å². The molecule has 5 heteroatoms. The van der Waals surface area contributed by atoms with E-state index in [-0.39, 0.29) is 10.7 Å². The Kier molecular flexibility index (Phi) is 3.64. The van der Waals surface area contributed by atoms with E-state index in [2.05, 4.69) is 4.98 Å². The molecule has 0 bridgehead atoms. The summed E-state index contributed by atoms with van der Waals surface area (Å²) in [7, 11) is 0. The van der Waals surface area contributed by atoms with E-state index < -0.39 is 5.97 Å². The van der Waals surface area contributed by atoms with Crippen molar-refractivity contribution in [3.63, 3.8) is 0 Å². The monoisotopic (exact) mass is 259 g/mol. The minimum absolute atomic E-state index is 0.160. The molecule has 0 amide bonds. The van der Waals surface area contributed by atoms with Gasteiger partial charge in [-0.25, -0.2) is 4.79 Å². The molecule has 0 saturated carbocycles. The van der Waals surface area contributed by atoms with Gasteiger partial charge < -0.3 is 5.11 Å². The summed E-state index contributed by atoms with van der Waals surface area (Å²) in [5, 5.41) is 10.3. The van der Waals surface area contributed by atoms with Gasteiger partial charge in [-0.1, -0.05) is 6.07 Å². The van der Waals surface area contributed by atoms with Crippen molar-refractivity contribution < 1.29 is 14.7 Å². The third kappa shape index (κ3) is 2.89. The van der Waals surface area contributed by atoms with Crippen molar-refractivity contribution in [2.75, 3.05) is 0 Å². The van der Waals surface area contributed by atoms with Crippen molar-refractivity contribution >= 4 is 29.2 Å². The summed E-state index contributed by atoms with van der Waals surface area (Å²) in [5.74, 6) is -1.24. The minimum atomic E-state index is -1.02. The fourth-order valence-electron chi connectivity index (χ4n) is 1.32. The molecule has 0 aromatic carbocycles. The summed E-state index contributed by atoms with van der Waals surface area (Å²) in [6.07, 6.45) is 6.34. The molecule has 0 aliphatic heterocycles. The first kappa shape index (κ1) is 12.2. The summed E-state index contributed by atoms with van der Waals surface area (Å²) >= 11 is 1.04. The quantitative estimate of drug-likeness (QED) is 0.677. The van der Waals surface area contributed by atoms with E-state index in [1.54, 1.807) is 29.9 Å². The van der Waals surface area contributed by atoms with Gasteiger partial charge in [0.05, 0.1) is 0 Å². The Hall–Kier alpha value is -2.27. The molecule has 2 rings (SSSR count). The topological polar surface area (TPSA) is 67.3 Å². The highest BCUT2D eigenvalue weighted by atomic mass is 32.1. The van der Waals surface area contributed by atoms with Crippen LogP contribution in [0, 0.1) is 0 Å². The Morgan fingerprint density at radius 1 is 1.39 bits per heavy atom. The molecule has 0 fully saturated rings. The number of nitrogens with zero attached hydrogens (tertiary/aromatic N) is 1. The number of aromatic carboxylic acids is 1. The fraction of sp³-hybridized carbons (Fsp3) is 0. The van der Waals surface area contributed by atoms with Crippen LogP contribution in [0.5, 0.6) is 0 Å². The van der Waals surface area contributed by atoms with Gasteiger partial charge in [0.1, 0.15) is 4.88 Å². The van der Waals surface area contributed by atoms with Crippen molar-refractivity contribution in [1.82, 2.24) is 4.98 Å². The number of carboxylic acid groups (broad SMARTS) is 1. The van der Waals surface area contributed by atoms with E-state index in [4.69, 9.17) is 5.11 Å². The number of hydrogen-bond acceptors (Lipinski definition) is 4. The third-order valence-corrected chi connectivity index (χ3v) is 3.12. The van der Waals surface area contributed by atoms with Crippen LogP contribution in [0.1, 0.15) is 25.6 Å². The van der Waals surface area contributed by atoms with Gasteiger partial charge in [-0.05, 0) is 29.8 Å². The van der Waals surface area contributed by atoms with Gasteiger partial charge in [-0.2, -0.15) is 0 Å². The molecule has 0 saturated heterocycles. The highest BCUT2D eigenvalue weighted by Gasteiger charge is 2.10. The molecular formula is C13H9NO3S. The molecule has 18 heavy (non-hydrogen) atoms. The number of aromatic nitrogens is 1. The van der Waals surface area contributed by atoms with Crippen LogP contribution >= 0.6 is 11.3 Å². The lowest BCUT2D eigenvalue weighted by molar-refractivity contribution is 0.0702. The maximum Gasteiger partial charge on any atom is 0.345 e. The van der Waals surface area contributed by atoms with E-state index in [1.807, 2.05) is 6.07 Å². The molecule has 2 heterocycles. The minimum Gasteiger partial charge on any atom is -0.477 e. The predicted octanol–water partition coefficient (Wildman–Crippen LogP) is 2.74. The van der Waals surface area contributed by atoms with Crippen LogP contribution in [-0.2, 0) is 0 Å². The highest BCUT2D eigenvalue weighted by Crippen LogP contribution is 2.15. The second kappa shape index (κ2) is 5.37. The summed E-state index contributed by atoms with van der Waals surface area (Å²) in [4.78, 5) is 26.5. The van der Waals surface area contributed by atoms with Crippen LogP contribution in [0.4, 0.5) is 0 Å². The molecule has 0 aliphatic carbocycles. The standard InChI is InChI=1S/C13H9NO3S/c15-11(4-3-9-2-1-5-14-7-9)10-6-12(13(16)17)18-8-10/h1-8H,(H,16,17)/b4-3-. The van der Waals surface area contributed by atoms with Crippen LogP contribution < -0.4 is 0 Å². The van der Waals surface area contributed by atoms with Gasteiger partial charge in [0.25, 0.3) is 0 Å². The first-order valence-corrected chi connectivity index (χ1v) is 5.99. The third-order valence-electron chi connectivity index (χ3n) is 2.21. The van der Waals surface area contributed by atoms with Gasteiger partial charge in [0.15, 0.2) is 5.78 Å². The molecule has 1 N–H and O–H groups in total. The molecule has 90 valence electrons. The van der Waals surface area contributed by atoms with Gasteiger partial charge in [0.2, 0.25) is 0 Å². The van der Waals surface area contributed by atoms with Gasteiger partial charge in [-0.3, -0.25) is 9.78 Å². The van der Waals surface area contributed by atoms with Crippen molar-refractivity contribution in [3.8, 4) is 0 Å². The molecule has 0 aliphatic rings. The molecule has 2 aromatic rings. The number of carbonyl (C=O) groups is 2. The molecule has 0 atom stereocenters. The number of carboxylic acids is 1. The number of allylic oxidation sites excluding steroid dienone is 1. The van der Waals surface area contributed by atoms with E-state index >= 15 is 0 Å². The summed E-state index contributed by atoms with van der Waals surface area (Å²) in [6, 6.07) is 4.98. The second-order valence-corrected chi connectivity index (χ2v) is 4.40. The molecular weight excluding hydrogens is 250 g/mol. The summed E-state index contributed by atoms with van der Waals surface area (Å²) in [5.41, 5.74) is 1.21. The highest BCUT2D eigenvalue weighted by molar-refractivity contribution is 7.12. The molecule has 2 aromatic heterocycles. The molecule has 0 unspecified atom stereocenters. The fourth-order valence-corrected chi connectivity index (χ4v) is 2.05. The SMILES string of the molecule is O=C(/C=C\c1cccnc1)c1csc(C(=O)O)c1. The Morgan fingerprint density at radius 3 is 2.83 bits per heavy atom. The summed E-state index contributed by atoms with van der Waals surface area (Å²) in [6.45, 7) is 0. The zero-order chi connectivity index (χ0) is 13.0. The van der Waals surface area contributed by atoms with Gasteiger partial charge in [0, 0.05) is 23.3 Å². The second-order valence-electron chi connectivity index (χ2n) is 3.49. The zero-order valence-corrected chi connectivity index (χ0v) is 10.1. The number of ketones is 1. The lowest BCUT2D eigenvalue weighted by atomic mass is 10.1. The predicted molar refractivity (Wildman–Crippen MR) is 68.9 cm³/mol. The number of rotatable bonds is 4. The number of thiophene rings is 1. The first-order valence-electron chi connectivity index (χ1n) is 5.11. The zero-order valence-electron chi connectivity index (χ0n) is 9.24.